The summed E-state index contributed by atoms with van der Waals surface area (Å²) in [7, 11) is 0. The minimum Gasteiger partial charge on any atom is -0.361 e. The van der Waals surface area contributed by atoms with Gasteiger partial charge < -0.3 is 9.97 Å². The number of nitrogens with one attached hydrogen (secondary N) is 2. The van der Waals surface area contributed by atoms with Crippen molar-refractivity contribution in [3.63, 3.8) is 0 Å². The van der Waals surface area contributed by atoms with E-state index in [1.165, 1.54) is 44.1 Å². The highest BCUT2D eigenvalue weighted by molar-refractivity contribution is 5.89. The van der Waals surface area contributed by atoms with E-state index in [9.17, 15) is 0 Å². The van der Waals surface area contributed by atoms with Gasteiger partial charge in [-0.3, -0.25) is 0 Å². The molecule has 2 heterocycles. The van der Waals surface area contributed by atoms with Crippen molar-refractivity contribution in [2.75, 3.05) is 0 Å². The van der Waals surface area contributed by atoms with Crippen LogP contribution in [0.1, 0.15) is 36.1 Å². The monoisotopic (exact) mass is 302 g/mol. The molecule has 2 nitrogen and oxygen atoms in total. The molecule has 0 bridgehead atoms. The maximum absolute atomic E-state index is 3.48. The molecule has 0 aliphatic heterocycles. The summed E-state index contributed by atoms with van der Waals surface area (Å²) in [6.07, 6.45) is 7.42. The SMILES string of the molecule is CCc1cccc2c(Cc3c[nH]c4c(CC)cccc34)c[nH]c12. The second kappa shape index (κ2) is 5.62. The molecule has 0 spiro atoms. The van der Waals surface area contributed by atoms with Gasteiger partial charge in [-0.1, -0.05) is 50.2 Å². The van der Waals surface area contributed by atoms with Crippen LogP contribution in [-0.2, 0) is 19.3 Å². The van der Waals surface area contributed by atoms with E-state index in [0.29, 0.717) is 0 Å². The summed E-state index contributed by atoms with van der Waals surface area (Å²) in [6.45, 7) is 4.42. The standard InChI is InChI=1S/C21H22N2/c1-3-14-7-5-9-18-16(12-22-20(14)18)11-17-13-23-21-15(4-2)8-6-10-19(17)21/h5-10,12-13,22-23H,3-4,11H2,1-2H3. The second-order valence-corrected chi connectivity index (χ2v) is 6.19. The molecule has 2 heteroatoms. The third-order valence-corrected chi connectivity index (χ3v) is 4.92. The van der Waals surface area contributed by atoms with Gasteiger partial charge >= 0.3 is 0 Å². The number of para-hydroxylation sites is 2. The number of hydrogen-bond donors (Lipinski definition) is 2. The summed E-state index contributed by atoms with van der Waals surface area (Å²) in [5.41, 5.74) is 8.11. The van der Waals surface area contributed by atoms with Gasteiger partial charge in [0.15, 0.2) is 0 Å². The summed E-state index contributed by atoms with van der Waals surface area (Å²) >= 11 is 0. The number of aryl methyl sites for hydroxylation is 2. The summed E-state index contributed by atoms with van der Waals surface area (Å²) in [5, 5.41) is 2.70. The molecule has 0 amide bonds. The Hall–Kier alpha value is -2.48. The molecule has 4 rings (SSSR count). The first-order valence-corrected chi connectivity index (χ1v) is 8.47. The molecule has 0 aliphatic rings. The van der Waals surface area contributed by atoms with Crippen LogP contribution in [0.3, 0.4) is 0 Å². The Morgan fingerprint density at radius 2 is 1.13 bits per heavy atom. The molecule has 0 aliphatic carbocycles. The molecule has 2 N–H and O–H groups in total. The maximum atomic E-state index is 3.48. The molecule has 116 valence electrons. The normalized spacial score (nSPS) is 11.6. The van der Waals surface area contributed by atoms with Gasteiger partial charge in [-0.05, 0) is 35.1 Å². The van der Waals surface area contributed by atoms with Crippen LogP contribution in [0.2, 0.25) is 0 Å². The minimum atomic E-state index is 0.959. The largest absolute Gasteiger partial charge is 0.361 e. The van der Waals surface area contributed by atoms with Gasteiger partial charge in [-0.2, -0.15) is 0 Å². The highest BCUT2D eigenvalue weighted by atomic mass is 14.7. The summed E-state index contributed by atoms with van der Waals surface area (Å²) in [6, 6.07) is 13.2. The van der Waals surface area contributed by atoms with Gasteiger partial charge in [0.2, 0.25) is 0 Å². The lowest BCUT2D eigenvalue weighted by Gasteiger charge is -2.03. The molecule has 2 aromatic heterocycles. The van der Waals surface area contributed by atoms with Crippen LogP contribution in [0.25, 0.3) is 21.8 Å². The van der Waals surface area contributed by atoms with E-state index in [0.717, 1.165) is 19.3 Å². The van der Waals surface area contributed by atoms with E-state index in [1.807, 2.05) is 0 Å². The molecule has 0 atom stereocenters. The van der Waals surface area contributed by atoms with Crippen molar-refractivity contribution in [2.45, 2.75) is 33.1 Å². The van der Waals surface area contributed by atoms with Crippen molar-refractivity contribution < 1.29 is 0 Å². The van der Waals surface area contributed by atoms with Gasteiger partial charge in [-0.25, -0.2) is 0 Å². The number of hydrogen-bond acceptors (Lipinski definition) is 0. The third-order valence-electron chi connectivity index (χ3n) is 4.92. The fourth-order valence-electron chi connectivity index (χ4n) is 3.64. The van der Waals surface area contributed by atoms with Crippen LogP contribution >= 0.6 is 0 Å². The molecule has 2 aromatic carbocycles. The van der Waals surface area contributed by atoms with E-state index in [-0.39, 0.29) is 0 Å². The minimum absolute atomic E-state index is 0.959. The lowest BCUT2D eigenvalue weighted by atomic mass is 10.0. The lowest BCUT2D eigenvalue weighted by Crippen LogP contribution is -1.87. The van der Waals surface area contributed by atoms with Crippen LogP contribution in [0.5, 0.6) is 0 Å². The number of aromatic nitrogens is 2. The fraction of sp³-hybridized carbons (Fsp3) is 0.238. The number of benzene rings is 2. The first kappa shape index (κ1) is 14.1. The molecular weight excluding hydrogens is 280 g/mol. The number of H-pyrrole nitrogens is 2. The Labute approximate surface area is 136 Å². The van der Waals surface area contributed by atoms with E-state index in [2.05, 4.69) is 72.6 Å². The molecule has 0 fully saturated rings. The zero-order chi connectivity index (χ0) is 15.8. The summed E-state index contributed by atoms with van der Waals surface area (Å²) < 4.78 is 0. The van der Waals surface area contributed by atoms with Crippen molar-refractivity contribution in [3.05, 3.63) is 71.0 Å². The van der Waals surface area contributed by atoms with Crippen molar-refractivity contribution in [1.82, 2.24) is 9.97 Å². The van der Waals surface area contributed by atoms with Crippen LogP contribution in [-0.4, -0.2) is 9.97 Å². The van der Waals surface area contributed by atoms with Crippen LogP contribution in [0.15, 0.2) is 48.8 Å². The third kappa shape index (κ3) is 2.26. The maximum Gasteiger partial charge on any atom is 0.0489 e. The van der Waals surface area contributed by atoms with Crippen molar-refractivity contribution in [2.24, 2.45) is 0 Å². The molecule has 4 aromatic rings. The molecule has 0 saturated carbocycles. The van der Waals surface area contributed by atoms with Gasteiger partial charge in [0.05, 0.1) is 0 Å². The van der Waals surface area contributed by atoms with Gasteiger partial charge in [0.25, 0.3) is 0 Å². The first-order chi connectivity index (χ1) is 11.3. The van der Waals surface area contributed by atoms with Crippen LogP contribution in [0.4, 0.5) is 0 Å². The molecule has 23 heavy (non-hydrogen) atoms. The molecule has 0 saturated heterocycles. The highest BCUT2D eigenvalue weighted by Gasteiger charge is 2.11. The van der Waals surface area contributed by atoms with Gasteiger partial charge in [-0.15, -0.1) is 0 Å². The number of aromatic amines is 2. The smallest absolute Gasteiger partial charge is 0.0489 e. The van der Waals surface area contributed by atoms with Crippen molar-refractivity contribution in [1.29, 1.82) is 0 Å². The summed E-state index contributed by atoms with van der Waals surface area (Å²) in [5.74, 6) is 0. The first-order valence-electron chi connectivity index (χ1n) is 8.47. The molecular formula is C21H22N2. The van der Waals surface area contributed by atoms with Crippen LogP contribution < -0.4 is 0 Å². The Morgan fingerprint density at radius 3 is 1.57 bits per heavy atom. The van der Waals surface area contributed by atoms with E-state index in [1.54, 1.807) is 0 Å². The zero-order valence-corrected chi connectivity index (χ0v) is 13.7. The average molecular weight is 302 g/mol. The van der Waals surface area contributed by atoms with Crippen molar-refractivity contribution >= 4 is 21.8 Å². The Kier molecular flexibility index (Phi) is 3.45. The highest BCUT2D eigenvalue weighted by Crippen LogP contribution is 2.28. The summed E-state index contributed by atoms with van der Waals surface area (Å²) in [4.78, 5) is 6.96. The zero-order valence-electron chi connectivity index (χ0n) is 13.7. The van der Waals surface area contributed by atoms with Crippen LogP contribution in [0, 0.1) is 0 Å². The average Bonchev–Trinajstić information content (AvgIpc) is 3.19. The molecule has 0 unspecified atom stereocenters. The second-order valence-electron chi connectivity index (χ2n) is 6.19. The number of fused-ring (bicyclic) bond motifs is 2. The predicted molar refractivity (Wildman–Crippen MR) is 98.2 cm³/mol. The van der Waals surface area contributed by atoms with E-state index in [4.69, 9.17) is 0 Å². The van der Waals surface area contributed by atoms with Crippen molar-refractivity contribution in [3.8, 4) is 0 Å². The fourth-order valence-corrected chi connectivity index (χ4v) is 3.64. The lowest BCUT2D eigenvalue weighted by molar-refractivity contribution is 1.15. The van der Waals surface area contributed by atoms with E-state index >= 15 is 0 Å². The Morgan fingerprint density at radius 1 is 0.652 bits per heavy atom. The predicted octanol–water partition coefficient (Wildman–Crippen LogP) is 5.36. The topological polar surface area (TPSA) is 31.6 Å². The Bertz CT molecular complexity index is 892. The van der Waals surface area contributed by atoms with Gasteiger partial charge in [0, 0.05) is 40.6 Å². The van der Waals surface area contributed by atoms with E-state index < -0.39 is 0 Å². The Balaban J connectivity index is 1.80. The molecule has 0 radical (unpaired) electrons. The number of rotatable bonds is 4. The van der Waals surface area contributed by atoms with Gasteiger partial charge in [0.1, 0.15) is 0 Å². The quantitative estimate of drug-likeness (QED) is 0.508.